The molecular formula is C18H25N7O5. The van der Waals surface area contributed by atoms with E-state index in [9.17, 15) is 19.7 Å². The Labute approximate surface area is 172 Å². The molecule has 0 unspecified atom stereocenters. The number of rotatable bonds is 7. The second kappa shape index (κ2) is 9.03. The first-order valence-electron chi connectivity index (χ1n) is 9.74. The predicted molar refractivity (Wildman–Crippen MR) is 106 cm³/mol. The second-order valence-corrected chi connectivity index (χ2v) is 6.93. The number of carbonyl (C=O) groups is 2. The number of nitrogens with zero attached hydrogens (tertiary/aromatic N) is 6. The average Bonchev–Trinajstić information content (AvgIpc) is 3.25. The van der Waals surface area contributed by atoms with Crippen molar-refractivity contribution < 1.29 is 19.2 Å². The van der Waals surface area contributed by atoms with Crippen LogP contribution in [0.5, 0.6) is 0 Å². The van der Waals surface area contributed by atoms with Crippen LogP contribution in [0.1, 0.15) is 35.2 Å². The summed E-state index contributed by atoms with van der Waals surface area (Å²) >= 11 is 0. The molecule has 1 aliphatic rings. The van der Waals surface area contributed by atoms with Crippen molar-refractivity contribution in [1.29, 1.82) is 0 Å². The zero-order chi connectivity index (χ0) is 21.8. The second-order valence-electron chi connectivity index (χ2n) is 6.93. The molecule has 0 bridgehead atoms. The topological polar surface area (TPSA) is 137 Å². The third kappa shape index (κ3) is 4.32. The Bertz CT molecular complexity index is 959. The molecule has 0 aliphatic carbocycles. The maximum atomic E-state index is 13.0. The molecule has 30 heavy (non-hydrogen) atoms. The van der Waals surface area contributed by atoms with Crippen molar-refractivity contribution in [3.05, 3.63) is 33.4 Å². The number of hydrogen-bond donors (Lipinski definition) is 1. The number of ether oxygens (including phenoxy) is 1. The highest BCUT2D eigenvalue weighted by molar-refractivity contribution is 6.02. The van der Waals surface area contributed by atoms with Crippen LogP contribution >= 0.6 is 0 Å². The van der Waals surface area contributed by atoms with E-state index in [1.165, 1.54) is 10.9 Å². The lowest BCUT2D eigenvalue weighted by Crippen LogP contribution is -2.41. The van der Waals surface area contributed by atoms with Gasteiger partial charge in [-0.05, 0) is 20.8 Å². The van der Waals surface area contributed by atoms with Gasteiger partial charge in [0.25, 0.3) is 5.91 Å². The van der Waals surface area contributed by atoms with Crippen LogP contribution in [0.3, 0.4) is 0 Å². The minimum atomic E-state index is -0.475. The highest BCUT2D eigenvalue weighted by atomic mass is 16.6. The molecule has 1 saturated heterocycles. The zero-order valence-corrected chi connectivity index (χ0v) is 17.3. The molecule has 162 valence electrons. The Morgan fingerprint density at radius 2 is 1.97 bits per heavy atom. The third-order valence-electron chi connectivity index (χ3n) is 4.99. The normalized spacial score (nSPS) is 14.0. The number of amides is 2. The van der Waals surface area contributed by atoms with Crippen LogP contribution in [0.2, 0.25) is 0 Å². The van der Waals surface area contributed by atoms with Crippen LogP contribution in [-0.4, -0.2) is 67.5 Å². The van der Waals surface area contributed by atoms with Gasteiger partial charge in [0.05, 0.1) is 36.6 Å². The van der Waals surface area contributed by atoms with Crippen LogP contribution in [0.4, 0.5) is 11.4 Å². The highest BCUT2D eigenvalue weighted by Gasteiger charge is 2.26. The fourth-order valence-corrected chi connectivity index (χ4v) is 3.45. The van der Waals surface area contributed by atoms with E-state index in [1.807, 2.05) is 6.92 Å². The number of morpholine rings is 1. The van der Waals surface area contributed by atoms with Crippen molar-refractivity contribution >= 4 is 23.2 Å². The standard InChI is InChI=1S/C18H25N7O5/c1-4-23-17(18(27)22-7-9-30-10-8-22)14(11-19-23)20-15(26)5-6-24-13(3)16(25(28)29)12(2)21-24/h11H,4-10H2,1-3H3,(H,20,26). The molecule has 2 amide bonds. The summed E-state index contributed by atoms with van der Waals surface area (Å²) in [6.45, 7) is 7.60. The van der Waals surface area contributed by atoms with Crippen LogP contribution in [-0.2, 0) is 22.6 Å². The summed E-state index contributed by atoms with van der Waals surface area (Å²) in [5.41, 5.74) is 1.33. The van der Waals surface area contributed by atoms with Gasteiger partial charge in [-0.3, -0.25) is 29.1 Å². The molecule has 0 spiro atoms. The Kier molecular flexibility index (Phi) is 6.45. The molecule has 0 atom stereocenters. The zero-order valence-electron chi connectivity index (χ0n) is 17.3. The minimum Gasteiger partial charge on any atom is -0.378 e. The molecule has 12 heteroatoms. The summed E-state index contributed by atoms with van der Waals surface area (Å²) in [4.78, 5) is 37.8. The van der Waals surface area contributed by atoms with E-state index in [0.717, 1.165) is 0 Å². The van der Waals surface area contributed by atoms with Gasteiger partial charge in [-0.25, -0.2) is 0 Å². The van der Waals surface area contributed by atoms with Gasteiger partial charge in [0, 0.05) is 26.1 Å². The van der Waals surface area contributed by atoms with E-state index >= 15 is 0 Å². The number of hydrogen-bond acceptors (Lipinski definition) is 7. The summed E-state index contributed by atoms with van der Waals surface area (Å²) in [6, 6.07) is 0. The smallest absolute Gasteiger partial charge is 0.312 e. The average molecular weight is 419 g/mol. The molecule has 1 fully saturated rings. The van der Waals surface area contributed by atoms with Gasteiger partial charge in [0.1, 0.15) is 17.1 Å². The van der Waals surface area contributed by atoms with Gasteiger partial charge in [0.15, 0.2) is 0 Å². The summed E-state index contributed by atoms with van der Waals surface area (Å²) in [5.74, 6) is -0.543. The highest BCUT2D eigenvalue weighted by Crippen LogP contribution is 2.22. The van der Waals surface area contributed by atoms with Gasteiger partial charge >= 0.3 is 5.69 Å². The molecule has 3 rings (SSSR count). The van der Waals surface area contributed by atoms with Crippen molar-refractivity contribution in [2.45, 2.75) is 40.3 Å². The largest absolute Gasteiger partial charge is 0.378 e. The first-order chi connectivity index (χ1) is 14.3. The van der Waals surface area contributed by atoms with E-state index in [2.05, 4.69) is 15.5 Å². The van der Waals surface area contributed by atoms with Gasteiger partial charge in [-0.15, -0.1) is 0 Å². The summed E-state index contributed by atoms with van der Waals surface area (Å²) in [5, 5.41) is 22.2. The molecule has 0 radical (unpaired) electrons. The monoisotopic (exact) mass is 419 g/mol. The molecule has 12 nitrogen and oxygen atoms in total. The maximum absolute atomic E-state index is 13.0. The fraction of sp³-hybridized carbons (Fsp3) is 0.556. The Balaban J connectivity index is 1.70. The van der Waals surface area contributed by atoms with Crippen molar-refractivity contribution in [1.82, 2.24) is 24.5 Å². The van der Waals surface area contributed by atoms with Gasteiger partial charge in [0.2, 0.25) is 5.91 Å². The molecule has 3 heterocycles. The SMILES string of the molecule is CCn1ncc(NC(=O)CCn2nc(C)c([N+](=O)[O-])c2C)c1C(=O)N1CCOCC1. The Morgan fingerprint density at radius 1 is 1.27 bits per heavy atom. The van der Waals surface area contributed by atoms with E-state index < -0.39 is 4.92 Å². The Morgan fingerprint density at radius 3 is 2.57 bits per heavy atom. The van der Waals surface area contributed by atoms with Crippen LogP contribution in [0.25, 0.3) is 0 Å². The first-order valence-corrected chi connectivity index (χ1v) is 9.74. The first kappa shape index (κ1) is 21.4. The van der Waals surface area contributed by atoms with Gasteiger partial charge in [-0.2, -0.15) is 10.2 Å². The molecule has 1 N–H and O–H groups in total. The van der Waals surface area contributed by atoms with E-state index in [-0.39, 0.29) is 30.5 Å². The van der Waals surface area contributed by atoms with Gasteiger partial charge in [-0.1, -0.05) is 0 Å². The van der Waals surface area contributed by atoms with Crippen LogP contribution in [0, 0.1) is 24.0 Å². The van der Waals surface area contributed by atoms with Crippen LogP contribution in [0.15, 0.2) is 6.20 Å². The molecule has 2 aromatic heterocycles. The number of aryl methyl sites for hydroxylation is 3. The van der Waals surface area contributed by atoms with E-state index in [4.69, 9.17) is 4.74 Å². The molecule has 0 saturated carbocycles. The lowest BCUT2D eigenvalue weighted by atomic mass is 10.2. The minimum absolute atomic E-state index is 0.0433. The number of carbonyl (C=O) groups excluding carboxylic acids is 2. The molecule has 2 aromatic rings. The van der Waals surface area contributed by atoms with Gasteiger partial charge < -0.3 is 15.0 Å². The number of nitro groups is 1. The summed E-state index contributed by atoms with van der Waals surface area (Å²) in [7, 11) is 0. The van der Waals surface area contributed by atoms with Crippen molar-refractivity contribution in [2.75, 3.05) is 31.6 Å². The number of aromatic nitrogens is 4. The maximum Gasteiger partial charge on any atom is 0.312 e. The lowest BCUT2D eigenvalue weighted by Gasteiger charge is -2.27. The quantitative estimate of drug-likeness (QED) is 0.524. The van der Waals surface area contributed by atoms with Crippen molar-refractivity contribution in [2.24, 2.45) is 0 Å². The molecule has 0 aromatic carbocycles. The molecular weight excluding hydrogens is 394 g/mol. The predicted octanol–water partition coefficient (Wildman–Crippen LogP) is 1.13. The van der Waals surface area contributed by atoms with Crippen LogP contribution < -0.4 is 5.32 Å². The number of anilines is 1. The van der Waals surface area contributed by atoms with Crippen molar-refractivity contribution in [3.63, 3.8) is 0 Å². The van der Waals surface area contributed by atoms with E-state index in [0.29, 0.717) is 55.6 Å². The van der Waals surface area contributed by atoms with Crippen molar-refractivity contribution in [3.8, 4) is 0 Å². The lowest BCUT2D eigenvalue weighted by molar-refractivity contribution is -0.386. The van der Waals surface area contributed by atoms with E-state index in [1.54, 1.807) is 23.4 Å². The molecule has 1 aliphatic heterocycles. The third-order valence-corrected chi connectivity index (χ3v) is 4.99. The number of nitrogens with one attached hydrogen (secondary N) is 1. The summed E-state index contributed by atoms with van der Waals surface area (Å²) in [6.07, 6.45) is 1.50. The Hall–Kier alpha value is -3.28. The fourth-order valence-electron chi connectivity index (χ4n) is 3.45. The summed E-state index contributed by atoms with van der Waals surface area (Å²) < 4.78 is 8.29.